The molecule has 0 aliphatic carbocycles. The van der Waals surface area contributed by atoms with Gasteiger partial charge in [-0.15, -0.1) is 0 Å². The van der Waals surface area contributed by atoms with Gasteiger partial charge < -0.3 is 25.0 Å². The number of nitriles is 1. The Labute approximate surface area is 190 Å². The summed E-state index contributed by atoms with van der Waals surface area (Å²) in [7, 11) is -1.76. The Kier molecular flexibility index (Phi) is 8.87. The van der Waals surface area contributed by atoms with Crippen LogP contribution in [0.25, 0.3) is 0 Å². The van der Waals surface area contributed by atoms with E-state index in [-0.39, 0.29) is 36.0 Å². The molecule has 3 N–H and O–H groups in total. The zero-order valence-electron chi connectivity index (χ0n) is 19.2. The quantitative estimate of drug-likeness (QED) is 0.339. The standard InChI is InChI=1S/C23H32BN3O5/c1-16-7-9-17(10-8-16)12-20(24(30)31)26-22(29)32-15-19-6-5-11-27(19)21(28)18(14-25)13-23(2,3)4/h7-10,13,19-20,30-31H,5-6,11-12,15H2,1-4H3,(H,26,29). The number of hydrogen-bond donors (Lipinski definition) is 3. The number of hydrogen-bond acceptors (Lipinski definition) is 6. The first-order chi connectivity index (χ1) is 15.0. The fourth-order valence-electron chi connectivity index (χ4n) is 3.58. The summed E-state index contributed by atoms with van der Waals surface area (Å²) in [5.74, 6) is -1.30. The largest absolute Gasteiger partial charge is 0.475 e. The van der Waals surface area contributed by atoms with Crippen LogP contribution in [0.15, 0.2) is 35.9 Å². The van der Waals surface area contributed by atoms with Crippen molar-refractivity contribution in [1.82, 2.24) is 10.2 Å². The highest BCUT2D eigenvalue weighted by atomic mass is 16.5. The van der Waals surface area contributed by atoms with Gasteiger partial charge in [0.15, 0.2) is 0 Å². The number of aryl methyl sites for hydroxylation is 1. The summed E-state index contributed by atoms with van der Waals surface area (Å²) in [5.41, 5.74) is 1.69. The second-order valence-electron chi connectivity index (χ2n) is 9.28. The van der Waals surface area contributed by atoms with Gasteiger partial charge in [0.05, 0.1) is 12.0 Å². The van der Waals surface area contributed by atoms with E-state index in [1.807, 2.05) is 58.0 Å². The monoisotopic (exact) mass is 441 g/mol. The number of allylic oxidation sites excluding steroid dienone is 1. The Balaban J connectivity index is 1.95. The van der Waals surface area contributed by atoms with Crippen LogP contribution in [0.4, 0.5) is 4.79 Å². The van der Waals surface area contributed by atoms with Crippen molar-refractivity contribution in [3.05, 3.63) is 47.0 Å². The third kappa shape index (κ3) is 7.70. The molecule has 1 aromatic rings. The van der Waals surface area contributed by atoms with Crippen molar-refractivity contribution in [2.75, 3.05) is 13.2 Å². The molecule has 8 nitrogen and oxygen atoms in total. The van der Waals surface area contributed by atoms with Crippen LogP contribution in [0.1, 0.15) is 44.7 Å². The van der Waals surface area contributed by atoms with Crippen LogP contribution in [-0.4, -0.2) is 59.2 Å². The van der Waals surface area contributed by atoms with E-state index in [1.54, 1.807) is 11.0 Å². The number of nitrogens with zero attached hydrogens (tertiary/aromatic N) is 2. The third-order valence-electron chi connectivity index (χ3n) is 5.21. The van der Waals surface area contributed by atoms with Crippen LogP contribution in [0.5, 0.6) is 0 Å². The van der Waals surface area contributed by atoms with Gasteiger partial charge in [0.2, 0.25) is 0 Å². The third-order valence-corrected chi connectivity index (χ3v) is 5.21. The number of rotatable bonds is 7. The van der Waals surface area contributed by atoms with Crippen LogP contribution in [0.3, 0.4) is 0 Å². The molecule has 172 valence electrons. The summed E-state index contributed by atoms with van der Waals surface area (Å²) in [4.78, 5) is 26.7. The predicted molar refractivity (Wildman–Crippen MR) is 121 cm³/mol. The number of amides is 2. The molecule has 0 spiro atoms. The van der Waals surface area contributed by atoms with Crippen molar-refractivity contribution >= 4 is 19.1 Å². The Bertz CT molecular complexity index is 871. The van der Waals surface area contributed by atoms with Crippen molar-refractivity contribution < 1.29 is 24.4 Å². The topological polar surface area (TPSA) is 123 Å². The highest BCUT2D eigenvalue weighted by Gasteiger charge is 2.33. The Morgan fingerprint density at radius 2 is 2.00 bits per heavy atom. The van der Waals surface area contributed by atoms with Crippen molar-refractivity contribution in [1.29, 1.82) is 5.26 Å². The molecule has 1 fully saturated rings. The highest BCUT2D eigenvalue weighted by Crippen LogP contribution is 2.23. The molecular weight excluding hydrogens is 409 g/mol. The normalized spacial score (nSPS) is 17.5. The van der Waals surface area contributed by atoms with Gasteiger partial charge in [0.25, 0.3) is 5.91 Å². The van der Waals surface area contributed by atoms with Gasteiger partial charge in [-0.3, -0.25) is 4.79 Å². The molecule has 2 unspecified atom stereocenters. The van der Waals surface area contributed by atoms with Crippen LogP contribution in [0.2, 0.25) is 0 Å². The SMILES string of the molecule is Cc1ccc(CC(NC(=O)OCC2CCCN2C(=O)C(C#N)=CC(C)(C)C)B(O)O)cc1. The average Bonchev–Trinajstić information content (AvgIpc) is 3.19. The van der Waals surface area contributed by atoms with Crippen molar-refractivity contribution in [2.24, 2.45) is 5.41 Å². The van der Waals surface area contributed by atoms with E-state index in [2.05, 4.69) is 5.32 Å². The minimum Gasteiger partial charge on any atom is -0.447 e. The number of ether oxygens (including phenoxy) is 1. The van der Waals surface area contributed by atoms with Gasteiger partial charge in [-0.1, -0.05) is 56.7 Å². The maximum atomic E-state index is 12.8. The molecule has 0 saturated carbocycles. The molecular formula is C23H32BN3O5. The van der Waals surface area contributed by atoms with Crippen molar-refractivity contribution in [3.63, 3.8) is 0 Å². The lowest BCUT2D eigenvalue weighted by Crippen LogP contribution is -2.49. The maximum absolute atomic E-state index is 12.8. The van der Waals surface area contributed by atoms with Crippen LogP contribution < -0.4 is 5.32 Å². The average molecular weight is 441 g/mol. The van der Waals surface area contributed by atoms with Gasteiger partial charge >= 0.3 is 13.2 Å². The molecule has 2 amide bonds. The molecule has 1 aliphatic heterocycles. The van der Waals surface area contributed by atoms with E-state index >= 15 is 0 Å². The summed E-state index contributed by atoms with van der Waals surface area (Å²) < 4.78 is 5.29. The first-order valence-electron chi connectivity index (χ1n) is 10.8. The number of benzene rings is 1. The number of likely N-dealkylation sites (tertiary alicyclic amines) is 1. The summed E-state index contributed by atoms with van der Waals surface area (Å²) in [5, 5.41) is 31.2. The van der Waals surface area contributed by atoms with E-state index in [9.17, 15) is 24.9 Å². The molecule has 0 aromatic heterocycles. The van der Waals surface area contributed by atoms with Gasteiger partial charge in [-0.25, -0.2) is 4.79 Å². The van der Waals surface area contributed by atoms with Crippen LogP contribution >= 0.6 is 0 Å². The second-order valence-corrected chi connectivity index (χ2v) is 9.28. The predicted octanol–water partition coefficient (Wildman–Crippen LogP) is 2.13. The van der Waals surface area contributed by atoms with Gasteiger partial charge in [-0.2, -0.15) is 5.26 Å². The molecule has 0 bridgehead atoms. The van der Waals surface area contributed by atoms with E-state index < -0.39 is 19.2 Å². The van der Waals surface area contributed by atoms with Gasteiger partial charge in [-0.05, 0) is 37.2 Å². The van der Waals surface area contributed by atoms with E-state index in [0.717, 1.165) is 17.5 Å². The summed E-state index contributed by atoms with van der Waals surface area (Å²) in [6.45, 7) is 8.14. The van der Waals surface area contributed by atoms with Gasteiger partial charge in [0, 0.05) is 6.54 Å². The lowest BCUT2D eigenvalue weighted by atomic mass is 9.76. The lowest BCUT2D eigenvalue weighted by Gasteiger charge is -2.25. The lowest BCUT2D eigenvalue weighted by molar-refractivity contribution is -0.128. The number of carbonyl (C=O) groups excluding carboxylic acids is 2. The minimum atomic E-state index is -1.76. The highest BCUT2D eigenvalue weighted by molar-refractivity contribution is 6.43. The second kappa shape index (κ2) is 11.2. The molecule has 2 rings (SSSR count). The Morgan fingerprint density at radius 3 is 2.56 bits per heavy atom. The van der Waals surface area contributed by atoms with E-state index in [0.29, 0.717) is 13.0 Å². The first-order valence-corrected chi connectivity index (χ1v) is 10.8. The van der Waals surface area contributed by atoms with Crippen LogP contribution in [0, 0.1) is 23.7 Å². The molecule has 9 heteroatoms. The molecule has 1 aromatic carbocycles. The number of alkyl carbamates (subject to hydrolysis) is 1. The Morgan fingerprint density at radius 1 is 1.34 bits per heavy atom. The first kappa shape index (κ1) is 25.4. The molecule has 1 heterocycles. The molecule has 1 saturated heterocycles. The fourth-order valence-corrected chi connectivity index (χ4v) is 3.58. The summed E-state index contributed by atoms with van der Waals surface area (Å²) in [6.07, 6.45) is 2.49. The van der Waals surface area contributed by atoms with E-state index in [4.69, 9.17) is 4.74 Å². The summed E-state index contributed by atoms with van der Waals surface area (Å²) in [6, 6.07) is 9.18. The Hall–Kier alpha value is -2.83. The zero-order chi connectivity index (χ0) is 23.9. The molecule has 1 aliphatic rings. The van der Waals surface area contributed by atoms with Crippen LogP contribution in [-0.2, 0) is 16.0 Å². The fraction of sp³-hybridized carbons (Fsp3) is 0.522. The van der Waals surface area contributed by atoms with Crippen molar-refractivity contribution in [3.8, 4) is 6.07 Å². The molecule has 32 heavy (non-hydrogen) atoms. The maximum Gasteiger partial charge on any atom is 0.475 e. The van der Waals surface area contributed by atoms with Crippen molar-refractivity contribution in [2.45, 2.75) is 58.9 Å². The minimum absolute atomic E-state index is 0.0371. The zero-order valence-corrected chi connectivity index (χ0v) is 19.2. The summed E-state index contributed by atoms with van der Waals surface area (Å²) >= 11 is 0. The molecule has 0 radical (unpaired) electrons. The number of carbonyl (C=O) groups is 2. The van der Waals surface area contributed by atoms with Gasteiger partial charge in [0.1, 0.15) is 18.2 Å². The smallest absolute Gasteiger partial charge is 0.447 e. The van der Waals surface area contributed by atoms with E-state index in [1.165, 1.54) is 0 Å². The molecule has 2 atom stereocenters. The number of nitrogens with one attached hydrogen (secondary N) is 1.